The first kappa shape index (κ1) is 16.2. The van der Waals surface area contributed by atoms with Crippen LogP contribution in [0.25, 0.3) is 0 Å². The van der Waals surface area contributed by atoms with Crippen LogP contribution in [0.1, 0.15) is 19.3 Å². The van der Waals surface area contributed by atoms with Gasteiger partial charge in [-0.05, 0) is 12.8 Å². The Morgan fingerprint density at radius 2 is 1.89 bits per heavy atom. The molecular formula is C11H18BrF3O3. The van der Waals surface area contributed by atoms with E-state index in [1.54, 1.807) is 7.11 Å². The molecule has 18 heavy (non-hydrogen) atoms. The van der Waals surface area contributed by atoms with Crippen LogP contribution in [-0.2, 0) is 14.2 Å². The predicted molar refractivity (Wildman–Crippen MR) is 64.0 cm³/mol. The van der Waals surface area contributed by atoms with Crippen molar-refractivity contribution in [2.45, 2.75) is 42.5 Å². The molecule has 0 bridgehead atoms. The fourth-order valence-corrected chi connectivity index (χ4v) is 2.54. The summed E-state index contributed by atoms with van der Waals surface area (Å²) in [5.41, 5.74) is 0. The fraction of sp³-hybridized carbons (Fsp3) is 1.00. The zero-order valence-corrected chi connectivity index (χ0v) is 11.8. The van der Waals surface area contributed by atoms with Crippen LogP contribution in [0, 0.1) is 0 Å². The fourth-order valence-electron chi connectivity index (χ4n) is 1.68. The van der Waals surface area contributed by atoms with Crippen LogP contribution in [0.2, 0.25) is 0 Å². The van der Waals surface area contributed by atoms with Gasteiger partial charge in [-0.3, -0.25) is 0 Å². The lowest BCUT2D eigenvalue weighted by molar-refractivity contribution is -0.149. The highest BCUT2D eigenvalue weighted by atomic mass is 79.9. The van der Waals surface area contributed by atoms with Crippen molar-refractivity contribution < 1.29 is 27.4 Å². The van der Waals surface area contributed by atoms with Crippen LogP contribution in [0.4, 0.5) is 13.2 Å². The molecule has 0 amide bonds. The molecule has 0 heterocycles. The largest absolute Gasteiger partial charge is 0.389 e. The van der Waals surface area contributed by atoms with Gasteiger partial charge in [-0.15, -0.1) is 0 Å². The first-order valence-corrected chi connectivity index (χ1v) is 6.78. The van der Waals surface area contributed by atoms with Crippen molar-refractivity contribution in [2.75, 3.05) is 26.9 Å². The molecule has 3 nitrogen and oxygen atoms in total. The van der Waals surface area contributed by atoms with E-state index in [1.165, 1.54) is 0 Å². The van der Waals surface area contributed by atoms with Crippen LogP contribution in [0.3, 0.4) is 0 Å². The quantitative estimate of drug-likeness (QED) is 0.504. The lowest BCUT2D eigenvalue weighted by atomic mass is 9.91. The van der Waals surface area contributed by atoms with Gasteiger partial charge in [-0.1, -0.05) is 15.9 Å². The number of ether oxygens (including phenoxy) is 3. The third kappa shape index (κ3) is 5.86. The number of rotatable bonds is 8. The van der Waals surface area contributed by atoms with E-state index in [0.717, 1.165) is 6.42 Å². The minimum Gasteiger partial charge on any atom is -0.382 e. The molecule has 7 heteroatoms. The second-order valence-corrected chi connectivity index (χ2v) is 5.38. The van der Waals surface area contributed by atoms with Gasteiger partial charge in [-0.2, -0.15) is 13.2 Å². The highest BCUT2D eigenvalue weighted by Crippen LogP contribution is 2.33. The number of hydrogen-bond donors (Lipinski definition) is 0. The maximum absolute atomic E-state index is 11.9. The third-order valence-electron chi connectivity index (χ3n) is 2.71. The lowest BCUT2D eigenvalue weighted by Crippen LogP contribution is -2.51. The van der Waals surface area contributed by atoms with Crippen molar-refractivity contribution in [3.8, 4) is 0 Å². The third-order valence-corrected chi connectivity index (χ3v) is 3.61. The number of halogens is 4. The summed E-state index contributed by atoms with van der Waals surface area (Å²) < 4.78 is 51.5. The van der Waals surface area contributed by atoms with E-state index in [-0.39, 0.29) is 30.1 Å². The van der Waals surface area contributed by atoms with Gasteiger partial charge in [0.1, 0.15) is 0 Å². The molecular weight excluding hydrogens is 317 g/mol. The van der Waals surface area contributed by atoms with Crippen molar-refractivity contribution in [3.05, 3.63) is 0 Å². The molecule has 1 saturated carbocycles. The normalized spacial score (nSPS) is 28.2. The maximum atomic E-state index is 11.9. The highest BCUT2D eigenvalue weighted by molar-refractivity contribution is 9.09. The van der Waals surface area contributed by atoms with Crippen LogP contribution < -0.4 is 0 Å². The van der Waals surface area contributed by atoms with Crippen molar-refractivity contribution in [3.63, 3.8) is 0 Å². The zero-order chi connectivity index (χ0) is 13.6. The summed E-state index contributed by atoms with van der Waals surface area (Å²) in [4.78, 5) is 0.210. The van der Waals surface area contributed by atoms with Crippen molar-refractivity contribution in [1.82, 2.24) is 0 Å². The van der Waals surface area contributed by atoms with E-state index < -0.39 is 12.6 Å². The standard InChI is InChI=1S/C11H18BrF3O3/c1-16-5-6-18-10-8(12)7-9(10)17-4-2-3-11(13,14)15/h8-10H,2-7H2,1H3. The second-order valence-electron chi connectivity index (χ2n) is 4.21. The van der Waals surface area contributed by atoms with E-state index >= 15 is 0 Å². The number of methoxy groups -OCH3 is 1. The summed E-state index contributed by atoms with van der Waals surface area (Å²) >= 11 is 3.43. The van der Waals surface area contributed by atoms with Gasteiger partial charge in [0.05, 0.1) is 25.4 Å². The molecule has 0 saturated heterocycles. The number of hydrogen-bond acceptors (Lipinski definition) is 3. The Morgan fingerprint density at radius 3 is 2.44 bits per heavy atom. The molecule has 0 aromatic heterocycles. The van der Waals surface area contributed by atoms with Gasteiger partial charge in [0.25, 0.3) is 0 Å². The molecule has 1 fully saturated rings. The van der Waals surface area contributed by atoms with Gasteiger partial charge in [0.15, 0.2) is 0 Å². The summed E-state index contributed by atoms with van der Waals surface area (Å²) in [7, 11) is 1.58. The predicted octanol–water partition coefficient (Wildman–Crippen LogP) is 2.91. The Morgan fingerprint density at radius 1 is 1.17 bits per heavy atom. The summed E-state index contributed by atoms with van der Waals surface area (Å²) in [6, 6.07) is 0. The van der Waals surface area contributed by atoms with E-state index in [1.807, 2.05) is 0 Å². The average Bonchev–Trinajstić information content (AvgIpc) is 2.27. The van der Waals surface area contributed by atoms with Crippen LogP contribution in [-0.4, -0.2) is 50.1 Å². The Labute approximate surface area is 113 Å². The first-order chi connectivity index (χ1) is 8.44. The zero-order valence-electron chi connectivity index (χ0n) is 10.2. The molecule has 0 aliphatic heterocycles. The Bertz CT molecular complexity index is 238. The van der Waals surface area contributed by atoms with Gasteiger partial charge < -0.3 is 14.2 Å². The van der Waals surface area contributed by atoms with Crippen molar-refractivity contribution in [1.29, 1.82) is 0 Å². The smallest absolute Gasteiger partial charge is 0.382 e. The molecule has 3 atom stereocenters. The molecule has 0 spiro atoms. The average molecular weight is 335 g/mol. The Balaban J connectivity index is 2.10. The van der Waals surface area contributed by atoms with Gasteiger partial charge in [-0.25, -0.2) is 0 Å². The summed E-state index contributed by atoms with van der Waals surface area (Å²) in [5, 5.41) is 0. The molecule has 0 N–H and O–H groups in total. The molecule has 0 radical (unpaired) electrons. The van der Waals surface area contributed by atoms with Gasteiger partial charge in [0.2, 0.25) is 0 Å². The van der Waals surface area contributed by atoms with Gasteiger partial charge >= 0.3 is 6.18 Å². The molecule has 3 unspecified atom stereocenters. The van der Waals surface area contributed by atoms with Crippen LogP contribution >= 0.6 is 15.9 Å². The summed E-state index contributed by atoms with van der Waals surface area (Å²) in [5.74, 6) is 0. The first-order valence-electron chi connectivity index (χ1n) is 5.87. The minimum absolute atomic E-state index is 0.00224. The monoisotopic (exact) mass is 334 g/mol. The van der Waals surface area contributed by atoms with E-state index in [0.29, 0.717) is 13.2 Å². The van der Waals surface area contributed by atoms with Gasteiger partial charge in [0, 0.05) is 25.0 Å². The minimum atomic E-state index is -4.10. The molecule has 1 rings (SSSR count). The van der Waals surface area contributed by atoms with E-state index in [9.17, 15) is 13.2 Å². The van der Waals surface area contributed by atoms with Crippen LogP contribution in [0.5, 0.6) is 0 Å². The second kappa shape index (κ2) is 7.67. The summed E-state index contributed by atoms with van der Waals surface area (Å²) in [6.45, 7) is 1.08. The lowest BCUT2D eigenvalue weighted by Gasteiger charge is -2.40. The molecule has 0 aromatic carbocycles. The van der Waals surface area contributed by atoms with Crippen molar-refractivity contribution in [2.24, 2.45) is 0 Å². The van der Waals surface area contributed by atoms with Crippen molar-refractivity contribution >= 4 is 15.9 Å². The molecule has 108 valence electrons. The topological polar surface area (TPSA) is 27.7 Å². The highest BCUT2D eigenvalue weighted by Gasteiger charge is 2.41. The SMILES string of the molecule is COCCOC1C(Br)CC1OCCCC(F)(F)F. The molecule has 0 aromatic rings. The molecule has 1 aliphatic rings. The Hall–Kier alpha value is 0.150. The van der Waals surface area contributed by atoms with Crippen LogP contribution in [0.15, 0.2) is 0 Å². The summed E-state index contributed by atoms with van der Waals surface area (Å²) in [6.07, 6.45) is -4.34. The maximum Gasteiger partial charge on any atom is 0.389 e. The van der Waals surface area contributed by atoms with E-state index in [2.05, 4.69) is 15.9 Å². The van der Waals surface area contributed by atoms with E-state index in [4.69, 9.17) is 14.2 Å². The Kier molecular flexibility index (Phi) is 6.90. The number of alkyl halides is 4. The molecule has 1 aliphatic carbocycles.